The fourth-order valence-corrected chi connectivity index (χ4v) is 1.68. The lowest BCUT2D eigenvalue weighted by Gasteiger charge is -2.11. The zero-order valence-corrected chi connectivity index (χ0v) is 11.4. The summed E-state index contributed by atoms with van der Waals surface area (Å²) < 4.78 is 10.0. The maximum atomic E-state index is 11.5. The number of pyridine rings is 1. The van der Waals surface area contributed by atoms with Crippen molar-refractivity contribution in [1.29, 1.82) is 0 Å². The quantitative estimate of drug-likeness (QED) is 0.639. The number of carbonyl (C=O) groups excluding carboxylic acids is 1. The van der Waals surface area contributed by atoms with Crippen LogP contribution in [0.3, 0.4) is 0 Å². The standard InChI is InChI=1S/C11H14Cl2N2O3/c1-2-17-6-8(14)11(16)18-5-7-3-9(12)15-10(13)4-7/h3-4,8H,2,5-6,14H2,1H3/t8-/m0/s1. The van der Waals surface area contributed by atoms with Gasteiger partial charge in [0, 0.05) is 6.61 Å². The minimum atomic E-state index is -0.794. The summed E-state index contributed by atoms with van der Waals surface area (Å²) in [7, 11) is 0. The van der Waals surface area contributed by atoms with Gasteiger partial charge in [-0.3, -0.25) is 4.79 Å². The van der Waals surface area contributed by atoms with Crippen LogP contribution in [0, 0.1) is 0 Å². The molecule has 0 saturated heterocycles. The third kappa shape index (κ3) is 5.18. The molecule has 0 amide bonds. The molecule has 2 N–H and O–H groups in total. The van der Waals surface area contributed by atoms with Gasteiger partial charge < -0.3 is 15.2 Å². The number of hydrogen-bond donors (Lipinski definition) is 1. The Hall–Kier alpha value is -0.880. The predicted molar refractivity (Wildman–Crippen MR) is 68.5 cm³/mol. The third-order valence-corrected chi connectivity index (χ3v) is 2.40. The zero-order chi connectivity index (χ0) is 13.5. The second kappa shape index (κ2) is 7.53. The monoisotopic (exact) mass is 292 g/mol. The molecule has 1 atom stereocenters. The van der Waals surface area contributed by atoms with Crippen molar-refractivity contribution >= 4 is 29.2 Å². The van der Waals surface area contributed by atoms with Crippen LogP contribution in [-0.2, 0) is 20.9 Å². The summed E-state index contributed by atoms with van der Waals surface area (Å²) in [5.74, 6) is -0.535. The fourth-order valence-electron chi connectivity index (χ4n) is 1.17. The highest BCUT2D eigenvalue weighted by Crippen LogP contribution is 2.15. The van der Waals surface area contributed by atoms with Gasteiger partial charge in [0.2, 0.25) is 0 Å². The van der Waals surface area contributed by atoms with E-state index in [-0.39, 0.29) is 23.5 Å². The Balaban J connectivity index is 2.46. The van der Waals surface area contributed by atoms with E-state index in [2.05, 4.69) is 4.98 Å². The Morgan fingerprint density at radius 1 is 1.44 bits per heavy atom. The van der Waals surface area contributed by atoms with Gasteiger partial charge >= 0.3 is 5.97 Å². The Morgan fingerprint density at radius 3 is 2.61 bits per heavy atom. The van der Waals surface area contributed by atoms with E-state index in [0.717, 1.165) is 0 Å². The van der Waals surface area contributed by atoms with E-state index in [1.165, 1.54) is 0 Å². The maximum absolute atomic E-state index is 11.5. The minimum Gasteiger partial charge on any atom is -0.460 e. The molecule has 1 aromatic heterocycles. The summed E-state index contributed by atoms with van der Waals surface area (Å²) in [6, 6.07) is 2.33. The second-order valence-corrected chi connectivity index (χ2v) is 4.27. The van der Waals surface area contributed by atoms with Crippen molar-refractivity contribution in [3.8, 4) is 0 Å². The number of ether oxygens (including phenoxy) is 2. The molecule has 0 spiro atoms. The van der Waals surface area contributed by atoms with E-state index in [4.69, 9.17) is 38.4 Å². The molecule has 0 aromatic carbocycles. The number of hydrogen-bond acceptors (Lipinski definition) is 5. The van der Waals surface area contributed by atoms with Gasteiger partial charge in [-0.1, -0.05) is 23.2 Å². The molecule has 1 heterocycles. The molecule has 0 fully saturated rings. The summed E-state index contributed by atoms with van der Waals surface area (Å²) >= 11 is 11.4. The van der Waals surface area contributed by atoms with Crippen LogP contribution in [0.5, 0.6) is 0 Å². The topological polar surface area (TPSA) is 74.4 Å². The molecule has 0 aliphatic rings. The van der Waals surface area contributed by atoms with Crippen molar-refractivity contribution in [1.82, 2.24) is 4.98 Å². The van der Waals surface area contributed by atoms with Crippen LogP contribution >= 0.6 is 23.2 Å². The highest BCUT2D eigenvalue weighted by Gasteiger charge is 2.15. The Morgan fingerprint density at radius 2 is 2.06 bits per heavy atom. The molecule has 18 heavy (non-hydrogen) atoms. The summed E-state index contributed by atoms with van der Waals surface area (Å²) in [5.41, 5.74) is 6.21. The van der Waals surface area contributed by atoms with Crippen LogP contribution in [0.1, 0.15) is 12.5 Å². The van der Waals surface area contributed by atoms with E-state index in [1.54, 1.807) is 12.1 Å². The van der Waals surface area contributed by atoms with Gasteiger partial charge in [0.15, 0.2) is 0 Å². The van der Waals surface area contributed by atoms with Crippen LogP contribution < -0.4 is 5.73 Å². The number of rotatable bonds is 6. The first-order valence-electron chi connectivity index (χ1n) is 5.35. The first-order valence-corrected chi connectivity index (χ1v) is 6.10. The van der Waals surface area contributed by atoms with Crippen molar-refractivity contribution in [2.75, 3.05) is 13.2 Å². The lowest BCUT2D eigenvalue weighted by molar-refractivity contribution is -0.148. The second-order valence-electron chi connectivity index (χ2n) is 3.49. The van der Waals surface area contributed by atoms with Gasteiger partial charge in [-0.05, 0) is 24.6 Å². The zero-order valence-electron chi connectivity index (χ0n) is 9.86. The van der Waals surface area contributed by atoms with Crippen LogP contribution in [0.25, 0.3) is 0 Å². The molecule has 5 nitrogen and oxygen atoms in total. The highest BCUT2D eigenvalue weighted by molar-refractivity contribution is 6.32. The van der Waals surface area contributed by atoms with Crippen molar-refractivity contribution in [2.24, 2.45) is 5.73 Å². The number of halogens is 2. The number of aromatic nitrogens is 1. The SMILES string of the molecule is CCOC[C@H](N)C(=O)OCc1cc(Cl)nc(Cl)c1. The molecular formula is C11H14Cl2N2O3. The fraction of sp³-hybridized carbons (Fsp3) is 0.455. The molecule has 100 valence electrons. The minimum absolute atomic E-state index is 0.0423. The number of esters is 1. The Kier molecular flexibility index (Phi) is 6.35. The third-order valence-electron chi connectivity index (χ3n) is 2.01. The summed E-state index contributed by atoms with van der Waals surface area (Å²) in [5, 5.41) is 0.485. The van der Waals surface area contributed by atoms with Crippen LogP contribution in [0.4, 0.5) is 0 Å². The summed E-state index contributed by atoms with van der Waals surface area (Å²) in [6.45, 7) is 2.49. The van der Waals surface area contributed by atoms with Crippen LogP contribution in [-0.4, -0.2) is 30.2 Å². The maximum Gasteiger partial charge on any atom is 0.325 e. The average molecular weight is 293 g/mol. The smallest absolute Gasteiger partial charge is 0.325 e. The van der Waals surface area contributed by atoms with Gasteiger partial charge in [-0.25, -0.2) is 4.98 Å². The van der Waals surface area contributed by atoms with Gasteiger partial charge in [0.1, 0.15) is 23.0 Å². The molecule has 7 heteroatoms. The van der Waals surface area contributed by atoms with Crippen molar-refractivity contribution < 1.29 is 14.3 Å². The van der Waals surface area contributed by atoms with Crippen LogP contribution in [0.15, 0.2) is 12.1 Å². The molecule has 0 aliphatic carbocycles. The van der Waals surface area contributed by atoms with Crippen LogP contribution in [0.2, 0.25) is 10.3 Å². The molecular weight excluding hydrogens is 279 g/mol. The van der Waals surface area contributed by atoms with E-state index in [1.807, 2.05) is 6.92 Å². The molecule has 0 saturated carbocycles. The molecule has 1 aromatic rings. The van der Waals surface area contributed by atoms with Gasteiger partial charge in [0.25, 0.3) is 0 Å². The van der Waals surface area contributed by atoms with Gasteiger partial charge in [0.05, 0.1) is 6.61 Å². The number of carbonyl (C=O) groups is 1. The largest absolute Gasteiger partial charge is 0.460 e. The molecule has 1 rings (SSSR count). The molecule has 0 radical (unpaired) electrons. The summed E-state index contributed by atoms with van der Waals surface area (Å²) in [4.78, 5) is 15.3. The van der Waals surface area contributed by atoms with Crippen molar-refractivity contribution in [2.45, 2.75) is 19.6 Å². The van der Waals surface area contributed by atoms with Gasteiger partial charge in [-0.2, -0.15) is 0 Å². The van der Waals surface area contributed by atoms with E-state index in [9.17, 15) is 4.79 Å². The Labute approximate surface area is 115 Å². The first kappa shape index (κ1) is 15.2. The molecule has 0 unspecified atom stereocenters. The molecule has 0 aliphatic heterocycles. The van der Waals surface area contributed by atoms with E-state index in [0.29, 0.717) is 12.2 Å². The normalized spacial score (nSPS) is 12.2. The molecule has 0 bridgehead atoms. The van der Waals surface area contributed by atoms with Crippen molar-refractivity contribution in [3.63, 3.8) is 0 Å². The number of nitrogens with two attached hydrogens (primary N) is 1. The Bertz CT molecular complexity index is 395. The van der Waals surface area contributed by atoms with E-state index >= 15 is 0 Å². The predicted octanol–water partition coefficient (Wildman–Crippen LogP) is 1.80. The lowest BCUT2D eigenvalue weighted by Crippen LogP contribution is -2.36. The number of nitrogens with zero attached hydrogens (tertiary/aromatic N) is 1. The first-order chi connectivity index (χ1) is 8.52. The average Bonchev–Trinajstić information content (AvgIpc) is 2.31. The van der Waals surface area contributed by atoms with E-state index < -0.39 is 12.0 Å². The van der Waals surface area contributed by atoms with Crippen molar-refractivity contribution in [3.05, 3.63) is 28.0 Å². The lowest BCUT2D eigenvalue weighted by atomic mass is 10.3. The highest BCUT2D eigenvalue weighted by atomic mass is 35.5. The summed E-state index contributed by atoms with van der Waals surface area (Å²) in [6.07, 6.45) is 0. The van der Waals surface area contributed by atoms with Gasteiger partial charge in [-0.15, -0.1) is 0 Å².